The third-order valence-electron chi connectivity index (χ3n) is 6.10. The summed E-state index contributed by atoms with van der Waals surface area (Å²) in [7, 11) is 3.21. The monoisotopic (exact) mass is 462 g/mol. The quantitative estimate of drug-likeness (QED) is 0.323. The smallest absolute Gasteiger partial charge is 0.318 e. The van der Waals surface area contributed by atoms with E-state index in [2.05, 4.69) is 21.1 Å². The first kappa shape index (κ1) is 21.2. The molecule has 0 aliphatic carbocycles. The molecule has 166 valence electrons. The first-order valence-electron chi connectivity index (χ1n) is 10.5. The maximum atomic E-state index is 15.9. The highest BCUT2D eigenvalue weighted by atomic mass is 35.5. The van der Waals surface area contributed by atoms with Crippen molar-refractivity contribution >= 4 is 39.1 Å². The maximum Gasteiger partial charge on any atom is 0.318 e. The standard InChI is InChI=1S/C24H20ClFN6O/c1-31(13-27)15-9-10-32(12-15)23-17-11-28-21(20(26)22(17)29-24(30-23)33-2)16-7-3-5-14-6-4-8-18(25)19(14)16/h3-8,11,15H,9-10,12H2,1-2H3. The molecule has 33 heavy (non-hydrogen) atoms. The Morgan fingerprint density at radius 1 is 1.24 bits per heavy atom. The topological polar surface area (TPSA) is 78.2 Å². The highest BCUT2D eigenvalue weighted by molar-refractivity contribution is 6.36. The summed E-state index contributed by atoms with van der Waals surface area (Å²) in [5.41, 5.74) is 0.882. The second-order valence-corrected chi connectivity index (χ2v) is 8.37. The average Bonchev–Trinajstić information content (AvgIpc) is 3.33. The average molecular weight is 463 g/mol. The van der Waals surface area contributed by atoms with Gasteiger partial charge in [-0.1, -0.05) is 41.9 Å². The molecule has 0 bridgehead atoms. The number of anilines is 1. The Bertz CT molecular complexity index is 1420. The lowest BCUT2D eigenvalue weighted by Crippen LogP contribution is -2.31. The van der Waals surface area contributed by atoms with Gasteiger partial charge in [0.15, 0.2) is 12.0 Å². The summed E-state index contributed by atoms with van der Waals surface area (Å²) in [5.74, 6) is -0.0219. The summed E-state index contributed by atoms with van der Waals surface area (Å²) < 4.78 is 21.2. The number of hydrogen-bond donors (Lipinski definition) is 0. The van der Waals surface area contributed by atoms with Crippen molar-refractivity contribution in [3.05, 3.63) is 53.4 Å². The molecule has 7 nitrogen and oxygen atoms in total. The lowest BCUT2D eigenvalue weighted by Gasteiger charge is -2.22. The van der Waals surface area contributed by atoms with Gasteiger partial charge in [-0.25, -0.2) is 4.39 Å². The molecule has 4 aromatic rings. The van der Waals surface area contributed by atoms with Crippen LogP contribution >= 0.6 is 11.6 Å². The third-order valence-corrected chi connectivity index (χ3v) is 6.42. The zero-order valence-corrected chi connectivity index (χ0v) is 18.8. The molecule has 0 radical (unpaired) electrons. The number of aromatic nitrogens is 3. The largest absolute Gasteiger partial charge is 0.467 e. The van der Waals surface area contributed by atoms with Gasteiger partial charge in [0.05, 0.1) is 18.5 Å². The number of nitriles is 1. The van der Waals surface area contributed by atoms with E-state index in [9.17, 15) is 5.26 Å². The summed E-state index contributed by atoms with van der Waals surface area (Å²) >= 11 is 6.46. The molecule has 1 fully saturated rings. The number of hydrogen-bond acceptors (Lipinski definition) is 7. The third kappa shape index (κ3) is 3.55. The molecule has 2 aromatic heterocycles. The Morgan fingerprint density at radius 2 is 2.03 bits per heavy atom. The molecule has 2 aromatic carbocycles. The van der Waals surface area contributed by atoms with Gasteiger partial charge in [-0.3, -0.25) is 4.98 Å². The second kappa shape index (κ2) is 8.34. The molecule has 0 N–H and O–H groups in total. The van der Waals surface area contributed by atoms with Gasteiger partial charge in [0.2, 0.25) is 0 Å². The summed E-state index contributed by atoms with van der Waals surface area (Å²) in [4.78, 5) is 16.9. The molecule has 1 unspecified atom stereocenters. The number of pyridine rings is 1. The Morgan fingerprint density at radius 3 is 2.79 bits per heavy atom. The minimum absolute atomic E-state index is 0.0564. The summed E-state index contributed by atoms with van der Waals surface area (Å²) in [6, 6.07) is 11.3. The lowest BCUT2D eigenvalue weighted by molar-refractivity contribution is 0.367. The molecule has 0 amide bonds. The Labute approximate surface area is 195 Å². The van der Waals surface area contributed by atoms with Gasteiger partial charge in [0, 0.05) is 42.3 Å². The van der Waals surface area contributed by atoms with E-state index >= 15 is 4.39 Å². The van der Waals surface area contributed by atoms with Gasteiger partial charge in [-0.2, -0.15) is 15.2 Å². The molecule has 1 aliphatic rings. The van der Waals surface area contributed by atoms with Gasteiger partial charge in [0.1, 0.15) is 17.0 Å². The Kier molecular flexibility index (Phi) is 5.35. The predicted molar refractivity (Wildman–Crippen MR) is 126 cm³/mol. The second-order valence-electron chi connectivity index (χ2n) is 7.96. The lowest BCUT2D eigenvalue weighted by atomic mass is 10.0. The molecule has 1 saturated heterocycles. The van der Waals surface area contributed by atoms with E-state index in [1.807, 2.05) is 29.2 Å². The highest BCUT2D eigenvalue weighted by Gasteiger charge is 2.29. The van der Waals surface area contributed by atoms with Gasteiger partial charge in [-0.05, 0) is 17.9 Å². The molecular formula is C24H20ClFN6O. The summed E-state index contributed by atoms with van der Waals surface area (Å²) in [6.45, 7) is 1.26. The van der Waals surface area contributed by atoms with Crippen LogP contribution in [0.3, 0.4) is 0 Å². The predicted octanol–water partition coefficient (Wildman–Crippen LogP) is 4.64. The van der Waals surface area contributed by atoms with Gasteiger partial charge < -0.3 is 14.5 Å². The molecule has 0 saturated carbocycles. The van der Waals surface area contributed by atoms with Crippen molar-refractivity contribution in [2.24, 2.45) is 0 Å². The van der Waals surface area contributed by atoms with Crippen LogP contribution in [0.5, 0.6) is 6.01 Å². The SMILES string of the molecule is COc1nc(N2CCC(N(C)C#N)C2)c2cnc(-c3cccc4cccc(Cl)c34)c(F)c2n1. The van der Waals surface area contributed by atoms with Crippen LogP contribution in [0.15, 0.2) is 42.6 Å². The van der Waals surface area contributed by atoms with Gasteiger partial charge >= 0.3 is 6.01 Å². The van der Waals surface area contributed by atoms with Crippen LogP contribution in [0.4, 0.5) is 10.2 Å². The van der Waals surface area contributed by atoms with Crippen molar-refractivity contribution in [2.75, 3.05) is 32.1 Å². The number of ether oxygens (including phenoxy) is 1. The number of nitrogens with zero attached hydrogens (tertiary/aromatic N) is 6. The minimum Gasteiger partial charge on any atom is -0.467 e. The minimum atomic E-state index is -0.563. The van der Waals surface area contributed by atoms with E-state index in [4.69, 9.17) is 16.3 Å². The van der Waals surface area contributed by atoms with Crippen molar-refractivity contribution in [1.29, 1.82) is 5.26 Å². The first-order valence-corrected chi connectivity index (χ1v) is 10.8. The zero-order valence-electron chi connectivity index (χ0n) is 18.1. The molecule has 1 aliphatic heterocycles. The van der Waals surface area contributed by atoms with Crippen molar-refractivity contribution in [3.63, 3.8) is 0 Å². The fourth-order valence-corrected chi connectivity index (χ4v) is 4.65. The highest BCUT2D eigenvalue weighted by Crippen LogP contribution is 2.37. The number of benzene rings is 2. The van der Waals surface area contributed by atoms with Crippen LogP contribution in [0.25, 0.3) is 32.9 Å². The number of halogens is 2. The number of likely N-dealkylation sites (N-methyl/N-ethyl adjacent to an activating group) is 1. The van der Waals surface area contributed by atoms with Crippen LogP contribution in [-0.2, 0) is 0 Å². The number of rotatable bonds is 4. The Balaban J connectivity index is 1.68. The molecule has 3 heterocycles. The normalized spacial score (nSPS) is 15.7. The van der Waals surface area contributed by atoms with Crippen LogP contribution in [0.1, 0.15) is 6.42 Å². The molecule has 0 spiro atoms. The summed E-state index contributed by atoms with van der Waals surface area (Å²) in [5, 5.41) is 11.9. The van der Waals surface area contributed by atoms with E-state index in [-0.39, 0.29) is 23.3 Å². The molecule has 9 heteroatoms. The van der Waals surface area contributed by atoms with Crippen LogP contribution < -0.4 is 9.64 Å². The number of methoxy groups -OCH3 is 1. The van der Waals surface area contributed by atoms with Crippen LogP contribution in [-0.4, -0.2) is 53.1 Å². The van der Waals surface area contributed by atoms with Crippen molar-refractivity contribution in [1.82, 2.24) is 19.9 Å². The fourth-order valence-electron chi connectivity index (χ4n) is 4.37. The van der Waals surface area contributed by atoms with Crippen LogP contribution in [0, 0.1) is 17.3 Å². The van der Waals surface area contributed by atoms with E-state index < -0.39 is 5.82 Å². The van der Waals surface area contributed by atoms with Crippen LogP contribution in [0.2, 0.25) is 5.02 Å². The van der Waals surface area contributed by atoms with Gasteiger partial charge in [0.25, 0.3) is 0 Å². The molecular weight excluding hydrogens is 443 g/mol. The van der Waals surface area contributed by atoms with E-state index in [1.54, 1.807) is 30.3 Å². The summed E-state index contributed by atoms with van der Waals surface area (Å²) in [6.07, 6.45) is 4.55. The van der Waals surface area contributed by atoms with Gasteiger partial charge in [-0.15, -0.1) is 0 Å². The number of fused-ring (bicyclic) bond motifs is 2. The van der Waals surface area contributed by atoms with Crippen molar-refractivity contribution < 1.29 is 9.13 Å². The maximum absolute atomic E-state index is 15.9. The van der Waals surface area contributed by atoms with Crippen molar-refractivity contribution in [2.45, 2.75) is 12.5 Å². The van der Waals surface area contributed by atoms with E-state index in [0.717, 1.165) is 17.2 Å². The molecule has 1 atom stereocenters. The molecule has 5 rings (SSSR count). The Hall–Kier alpha value is -3.70. The van der Waals surface area contributed by atoms with Crippen molar-refractivity contribution in [3.8, 4) is 23.5 Å². The van der Waals surface area contributed by atoms with E-state index in [0.29, 0.717) is 34.9 Å². The first-order chi connectivity index (χ1) is 16.0. The zero-order chi connectivity index (χ0) is 23.1. The van der Waals surface area contributed by atoms with E-state index in [1.165, 1.54) is 7.11 Å². The fraction of sp³-hybridized carbons (Fsp3) is 0.250.